The monoisotopic (exact) mass is 350 g/mol. The topological polar surface area (TPSA) is 93.7 Å². The Labute approximate surface area is 148 Å². The first-order valence-corrected chi connectivity index (χ1v) is 8.08. The van der Waals surface area contributed by atoms with Crippen molar-refractivity contribution in [1.29, 1.82) is 0 Å². The zero-order valence-corrected chi connectivity index (χ0v) is 15.2. The molecule has 0 unspecified atom stereocenters. The van der Waals surface area contributed by atoms with E-state index in [-0.39, 0.29) is 36.8 Å². The van der Waals surface area contributed by atoms with E-state index in [1.54, 1.807) is 24.3 Å². The summed E-state index contributed by atoms with van der Waals surface area (Å²) in [5.74, 6) is -0.993. The number of amides is 2. The lowest BCUT2D eigenvalue weighted by atomic mass is 10.1. The molecule has 0 radical (unpaired) electrons. The van der Waals surface area contributed by atoms with Gasteiger partial charge in [0, 0.05) is 30.3 Å². The molecule has 0 saturated carbocycles. The minimum atomic E-state index is -0.453. The summed E-state index contributed by atoms with van der Waals surface area (Å²) >= 11 is 0. The molecule has 2 N–H and O–H groups in total. The van der Waals surface area contributed by atoms with E-state index in [1.165, 1.54) is 7.11 Å². The molecule has 0 aliphatic rings. The number of carbonyl (C=O) groups excluding carboxylic acids is 3. The van der Waals surface area contributed by atoms with Crippen LogP contribution in [0.2, 0.25) is 0 Å². The minimum Gasteiger partial charge on any atom is -0.463 e. The fraction of sp³-hybridized carbons (Fsp3) is 0.500. The Balaban J connectivity index is 2.51. The number of nitrogens with one attached hydrogen (secondary N) is 2. The first-order valence-electron chi connectivity index (χ1n) is 8.08. The Morgan fingerprint density at radius 3 is 2.44 bits per heavy atom. The maximum atomic E-state index is 12.1. The molecule has 7 nitrogen and oxygen atoms in total. The molecule has 25 heavy (non-hydrogen) atoms. The zero-order valence-electron chi connectivity index (χ0n) is 15.2. The van der Waals surface area contributed by atoms with E-state index in [0.29, 0.717) is 17.9 Å². The van der Waals surface area contributed by atoms with E-state index < -0.39 is 5.97 Å². The highest BCUT2D eigenvalue weighted by molar-refractivity contribution is 5.97. The normalized spacial score (nSPS) is 10.9. The lowest BCUT2D eigenvalue weighted by Crippen LogP contribution is -2.40. The Morgan fingerprint density at radius 1 is 1.08 bits per heavy atom. The molecular weight excluding hydrogens is 324 g/mol. The number of benzene rings is 1. The van der Waals surface area contributed by atoms with Gasteiger partial charge in [-0.2, -0.15) is 0 Å². The van der Waals surface area contributed by atoms with Gasteiger partial charge in [-0.1, -0.05) is 6.07 Å². The summed E-state index contributed by atoms with van der Waals surface area (Å²) in [7, 11) is 1.51. The molecule has 0 spiro atoms. The van der Waals surface area contributed by atoms with Crippen molar-refractivity contribution in [2.75, 3.05) is 25.6 Å². The van der Waals surface area contributed by atoms with Crippen LogP contribution in [0, 0.1) is 0 Å². The maximum absolute atomic E-state index is 12.1. The van der Waals surface area contributed by atoms with Crippen LogP contribution in [0.4, 0.5) is 5.69 Å². The van der Waals surface area contributed by atoms with Crippen LogP contribution in [-0.4, -0.2) is 43.6 Å². The lowest BCUT2D eigenvalue weighted by molar-refractivity contribution is -0.145. The Hall–Kier alpha value is -2.41. The van der Waals surface area contributed by atoms with Gasteiger partial charge in [-0.15, -0.1) is 0 Å². The summed E-state index contributed by atoms with van der Waals surface area (Å²) in [6.07, 6.45) is -0.00994. The maximum Gasteiger partial charge on any atom is 0.306 e. The molecule has 1 rings (SSSR count). The molecule has 1 aromatic rings. The fourth-order valence-corrected chi connectivity index (χ4v) is 1.90. The van der Waals surface area contributed by atoms with E-state index in [9.17, 15) is 14.4 Å². The quantitative estimate of drug-likeness (QED) is 0.553. The second-order valence-corrected chi connectivity index (χ2v) is 6.55. The number of methoxy groups -OCH3 is 1. The number of hydrogen-bond acceptors (Lipinski definition) is 5. The molecule has 7 heteroatoms. The molecule has 0 aromatic heterocycles. The van der Waals surface area contributed by atoms with Crippen molar-refractivity contribution in [3.8, 4) is 0 Å². The number of anilines is 1. The van der Waals surface area contributed by atoms with Crippen LogP contribution < -0.4 is 10.6 Å². The van der Waals surface area contributed by atoms with Gasteiger partial charge in [-0.05, 0) is 39.0 Å². The van der Waals surface area contributed by atoms with Crippen molar-refractivity contribution in [2.24, 2.45) is 0 Å². The third-order valence-corrected chi connectivity index (χ3v) is 3.00. The van der Waals surface area contributed by atoms with Crippen molar-refractivity contribution < 1.29 is 23.9 Å². The van der Waals surface area contributed by atoms with E-state index in [0.717, 1.165) is 0 Å². The number of ether oxygens (including phenoxy) is 2. The van der Waals surface area contributed by atoms with Gasteiger partial charge in [-0.25, -0.2) is 0 Å². The highest BCUT2D eigenvalue weighted by atomic mass is 16.6. The van der Waals surface area contributed by atoms with Crippen LogP contribution in [0.25, 0.3) is 0 Å². The van der Waals surface area contributed by atoms with Gasteiger partial charge in [0.05, 0.1) is 13.0 Å². The van der Waals surface area contributed by atoms with E-state index in [1.807, 2.05) is 20.8 Å². The first kappa shape index (κ1) is 20.6. The van der Waals surface area contributed by atoms with Crippen LogP contribution in [0.1, 0.15) is 44.0 Å². The zero-order chi connectivity index (χ0) is 18.9. The van der Waals surface area contributed by atoms with Gasteiger partial charge < -0.3 is 20.1 Å². The molecule has 138 valence electrons. The van der Waals surface area contributed by atoms with Crippen molar-refractivity contribution >= 4 is 23.5 Å². The molecule has 2 amide bonds. The summed E-state index contributed by atoms with van der Waals surface area (Å²) in [6.45, 7) is 6.16. The molecule has 0 bridgehead atoms. The lowest BCUT2D eigenvalue weighted by Gasteiger charge is -2.20. The average molecular weight is 350 g/mol. The fourth-order valence-electron chi connectivity index (χ4n) is 1.90. The van der Waals surface area contributed by atoms with E-state index >= 15 is 0 Å². The van der Waals surface area contributed by atoms with E-state index in [4.69, 9.17) is 9.47 Å². The number of carbonyl (C=O) groups is 3. The molecule has 1 aromatic carbocycles. The summed E-state index contributed by atoms with van der Waals surface area (Å²) in [5.41, 5.74) is 0.602. The molecule has 0 fully saturated rings. The Bertz CT molecular complexity index is 608. The predicted octanol–water partition coefficient (Wildman–Crippen LogP) is 2.12. The van der Waals surface area contributed by atoms with Crippen molar-refractivity contribution in [3.05, 3.63) is 29.8 Å². The third kappa shape index (κ3) is 8.85. The Kier molecular flexibility index (Phi) is 8.07. The molecular formula is C18H26N2O5. The number of rotatable bonds is 8. The van der Waals surface area contributed by atoms with Crippen LogP contribution in [-0.2, 0) is 19.1 Å². The third-order valence-electron chi connectivity index (χ3n) is 3.00. The second-order valence-electron chi connectivity index (χ2n) is 6.55. The standard InChI is InChI=1S/C18H26N2O5/c1-18(2,3)20-17(23)13-6-5-7-14(12-13)19-15(21)8-9-16(22)25-11-10-24-4/h5-7,12H,8-11H2,1-4H3,(H,19,21)(H,20,23). The van der Waals surface area contributed by atoms with Gasteiger partial charge in [0.1, 0.15) is 6.61 Å². The van der Waals surface area contributed by atoms with Crippen LogP contribution in [0.3, 0.4) is 0 Å². The number of hydrogen-bond donors (Lipinski definition) is 2. The minimum absolute atomic E-state index is 0.00420. The van der Waals surface area contributed by atoms with Gasteiger partial charge >= 0.3 is 5.97 Å². The van der Waals surface area contributed by atoms with Gasteiger partial charge in [0.2, 0.25) is 5.91 Å². The molecule has 0 heterocycles. The van der Waals surface area contributed by atoms with Gasteiger partial charge in [0.25, 0.3) is 5.91 Å². The highest BCUT2D eigenvalue weighted by Gasteiger charge is 2.16. The average Bonchev–Trinajstić information content (AvgIpc) is 2.52. The van der Waals surface area contributed by atoms with Gasteiger partial charge in [-0.3, -0.25) is 14.4 Å². The molecule has 0 saturated heterocycles. The summed E-state index contributed by atoms with van der Waals surface area (Å²) in [5, 5.41) is 5.53. The summed E-state index contributed by atoms with van der Waals surface area (Å²) < 4.78 is 9.65. The smallest absolute Gasteiger partial charge is 0.306 e. The summed E-state index contributed by atoms with van der Waals surface area (Å²) in [4.78, 5) is 35.5. The van der Waals surface area contributed by atoms with Crippen LogP contribution in [0.15, 0.2) is 24.3 Å². The SMILES string of the molecule is COCCOC(=O)CCC(=O)Nc1cccc(C(=O)NC(C)(C)C)c1. The van der Waals surface area contributed by atoms with Crippen molar-refractivity contribution in [3.63, 3.8) is 0 Å². The Morgan fingerprint density at radius 2 is 1.80 bits per heavy atom. The highest BCUT2D eigenvalue weighted by Crippen LogP contribution is 2.13. The van der Waals surface area contributed by atoms with E-state index in [2.05, 4.69) is 10.6 Å². The molecule has 0 atom stereocenters. The van der Waals surface area contributed by atoms with Gasteiger partial charge in [0.15, 0.2) is 0 Å². The molecule has 0 aliphatic carbocycles. The predicted molar refractivity (Wildman–Crippen MR) is 94.4 cm³/mol. The largest absolute Gasteiger partial charge is 0.463 e. The first-order chi connectivity index (χ1) is 11.7. The number of esters is 1. The van der Waals surface area contributed by atoms with Crippen LogP contribution in [0.5, 0.6) is 0 Å². The van der Waals surface area contributed by atoms with Crippen LogP contribution >= 0.6 is 0 Å². The second kappa shape index (κ2) is 9.78. The summed E-state index contributed by atoms with van der Waals surface area (Å²) in [6, 6.07) is 6.63. The molecule has 0 aliphatic heterocycles. The van der Waals surface area contributed by atoms with Crippen molar-refractivity contribution in [1.82, 2.24) is 5.32 Å². The van der Waals surface area contributed by atoms with Crippen molar-refractivity contribution in [2.45, 2.75) is 39.2 Å².